The molecule has 1 N–H and O–H groups in total. The average molecular weight is 333 g/mol. The van der Waals surface area contributed by atoms with Gasteiger partial charge in [0, 0.05) is 12.1 Å². The molecule has 5 nitrogen and oxygen atoms in total. The Balaban J connectivity index is 1.89. The molecule has 6 heteroatoms. The summed E-state index contributed by atoms with van der Waals surface area (Å²) >= 11 is 0. The van der Waals surface area contributed by atoms with E-state index in [9.17, 15) is 8.42 Å². The van der Waals surface area contributed by atoms with Crippen molar-refractivity contribution in [3.05, 3.63) is 46.8 Å². The van der Waals surface area contributed by atoms with Crippen LogP contribution in [0.1, 0.15) is 54.7 Å². The van der Waals surface area contributed by atoms with Gasteiger partial charge in [0.1, 0.15) is 4.90 Å². The Morgan fingerprint density at radius 3 is 2.70 bits per heavy atom. The van der Waals surface area contributed by atoms with E-state index in [4.69, 9.17) is 0 Å². The molecule has 2 aromatic rings. The van der Waals surface area contributed by atoms with Gasteiger partial charge in [-0.2, -0.15) is 5.10 Å². The summed E-state index contributed by atoms with van der Waals surface area (Å²) in [6.45, 7) is 7.83. The van der Waals surface area contributed by atoms with Crippen LogP contribution in [-0.2, 0) is 16.4 Å². The van der Waals surface area contributed by atoms with E-state index in [2.05, 4.69) is 22.8 Å². The number of benzene rings is 1. The van der Waals surface area contributed by atoms with Gasteiger partial charge < -0.3 is 0 Å². The summed E-state index contributed by atoms with van der Waals surface area (Å²) in [6, 6.07) is 6.19. The molecular formula is C17H23N3O2S. The molecule has 1 atom stereocenters. The smallest absolute Gasteiger partial charge is 0.244 e. The molecule has 0 saturated carbocycles. The Kier molecular flexibility index (Phi) is 4.06. The molecule has 1 aromatic heterocycles. The second kappa shape index (κ2) is 5.76. The lowest BCUT2D eigenvalue weighted by atomic mass is 10.1. The number of fused-ring (bicyclic) bond motifs is 1. The van der Waals surface area contributed by atoms with Crippen LogP contribution in [0.3, 0.4) is 0 Å². The Morgan fingerprint density at radius 1 is 1.30 bits per heavy atom. The second-order valence-electron chi connectivity index (χ2n) is 6.55. The number of aryl methyl sites for hydroxylation is 2. The van der Waals surface area contributed by atoms with E-state index in [0.29, 0.717) is 5.69 Å². The van der Waals surface area contributed by atoms with Crippen LogP contribution in [0.4, 0.5) is 0 Å². The van der Waals surface area contributed by atoms with E-state index in [0.717, 1.165) is 18.4 Å². The third kappa shape index (κ3) is 2.93. The van der Waals surface area contributed by atoms with Gasteiger partial charge in [0.05, 0.1) is 11.9 Å². The zero-order valence-electron chi connectivity index (χ0n) is 14.0. The molecule has 0 amide bonds. The number of nitrogens with zero attached hydrogens (tertiary/aromatic N) is 2. The quantitative estimate of drug-likeness (QED) is 0.935. The van der Waals surface area contributed by atoms with Crippen molar-refractivity contribution in [1.82, 2.24) is 14.5 Å². The fourth-order valence-electron chi connectivity index (χ4n) is 3.31. The number of hydrogen-bond donors (Lipinski definition) is 1. The van der Waals surface area contributed by atoms with Crippen molar-refractivity contribution in [3.63, 3.8) is 0 Å². The van der Waals surface area contributed by atoms with Crippen LogP contribution < -0.4 is 4.72 Å². The Morgan fingerprint density at radius 2 is 2.04 bits per heavy atom. The molecule has 3 rings (SSSR count). The lowest BCUT2D eigenvalue weighted by molar-refractivity contribution is 0.516. The van der Waals surface area contributed by atoms with Crippen LogP contribution in [-0.4, -0.2) is 18.2 Å². The molecule has 0 aliphatic heterocycles. The van der Waals surface area contributed by atoms with Gasteiger partial charge in [0.25, 0.3) is 0 Å². The first-order valence-corrected chi connectivity index (χ1v) is 9.44. The highest BCUT2D eigenvalue weighted by atomic mass is 32.2. The summed E-state index contributed by atoms with van der Waals surface area (Å²) in [5.41, 5.74) is 4.22. The molecule has 0 fully saturated rings. The minimum absolute atomic E-state index is 0.133. The van der Waals surface area contributed by atoms with Gasteiger partial charge in [0.2, 0.25) is 10.0 Å². The van der Waals surface area contributed by atoms with Gasteiger partial charge in [-0.25, -0.2) is 13.1 Å². The molecule has 1 unspecified atom stereocenters. The fraction of sp³-hybridized carbons (Fsp3) is 0.471. The van der Waals surface area contributed by atoms with Crippen LogP contribution in [0.5, 0.6) is 0 Å². The average Bonchev–Trinajstić information content (AvgIpc) is 3.02. The van der Waals surface area contributed by atoms with Gasteiger partial charge in [-0.1, -0.05) is 23.8 Å². The SMILES string of the molecule is Cc1ccc2c(c1)CCC2NS(=O)(=O)c1cnn(C(C)C)c1C. The summed E-state index contributed by atoms with van der Waals surface area (Å²) in [5, 5.41) is 4.21. The maximum atomic E-state index is 12.8. The number of rotatable bonds is 4. The molecule has 1 heterocycles. The van der Waals surface area contributed by atoms with Gasteiger partial charge in [-0.15, -0.1) is 0 Å². The fourth-order valence-corrected chi connectivity index (χ4v) is 4.73. The molecule has 124 valence electrons. The van der Waals surface area contributed by atoms with Gasteiger partial charge in [-0.3, -0.25) is 4.68 Å². The van der Waals surface area contributed by atoms with Crippen molar-refractivity contribution in [1.29, 1.82) is 0 Å². The monoisotopic (exact) mass is 333 g/mol. The summed E-state index contributed by atoms with van der Waals surface area (Å²) in [4.78, 5) is 0.270. The molecule has 0 saturated heterocycles. The number of aromatic nitrogens is 2. The third-order valence-electron chi connectivity index (χ3n) is 4.45. The Bertz CT molecular complexity index is 838. The van der Waals surface area contributed by atoms with E-state index in [1.165, 1.54) is 17.3 Å². The predicted molar refractivity (Wildman–Crippen MR) is 89.9 cm³/mol. The van der Waals surface area contributed by atoms with E-state index in [1.54, 1.807) is 11.6 Å². The highest BCUT2D eigenvalue weighted by molar-refractivity contribution is 7.89. The third-order valence-corrected chi connectivity index (χ3v) is 6.03. The van der Waals surface area contributed by atoms with E-state index in [-0.39, 0.29) is 17.0 Å². The molecule has 1 aromatic carbocycles. The predicted octanol–water partition coefficient (Wildman–Crippen LogP) is 3.05. The standard InChI is InChI=1S/C17H23N3O2S/c1-11(2)20-13(4)17(10-18-20)23(21,22)19-16-8-6-14-9-12(3)5-7-15(14)16/h5,7,9-11,16,19H,6,8H2,1-4H3. The largest absolute Gasteiger partial charge is 0.266 e. The van der Waals surface area contributed by atoms with Gasteiger partial charge in [0.15, 0.2) is 0 Å². The maximum absolute atomic E-state index is 12.8. The minimum atomic E-state index is -3.57. The molecule has 1 aliphatic carbocycles. The normalized spacial score (nSPS) is 17.7. The van der Waals surface area contributed by atoms with Crippen molar-refractivity contribution >= 4 is 10.0 Å². The number of sulfonamides is 1. The summed E-state index contributed by atoms with van der Waals surface area (Å²) < 4.78 is 30.1. The van der Waals surface area contributed by atoms with Crippen LogP contribution in [0.2, 0.25) is 0 Å². The molecule has 0 bridgehead atoms. The van der Waals surface area contributed by atoms with Crippen molar-refractivity contribution < 1.29 is 8.42 Å². The van der Waals surface area contributed by atoms with Crippen LogP contribution in [0, 0.1) is 13.8 Å². The molecular weight excluding hydrogens is 310 g/mol. The summed E-state index contributed by atoms with van der Waals surface area (Å²) in [6.07, 6.45) is 3.16. The molecule has 1 aliphatic rings. The summed E-state index contributed by atoms with van der Waals surface area (Å²) in [7, 11) is -3.57. The van der Waals surface area contributed by atoms with Crippen LogP contribution in [0.25, 0.3) is 0 Å². The number of nitrogens with one attached hydrogen (secondary N) is 1. The van der Waals surface area contributed by atoms with E-state index >= 15 is 0 Å². The molecule has 0 spiro atoms. The Labute approximate surface area is 137 Å². The van der Waals surface area contributed by atoms with Crippen molar-refractivity contribution in [3.8, 4) is 0 Å². The summed E-state index contributed by atoms with van der Waals surface area (Å²) in [5.74, 6) is 0. The van der Waals surface area contributed by atoms with E-state index in [1.807, 2.05) is 26.0 Å². The maximum Gasteiger partial charge on any atom is 0.244 e. The van der Waals surface area contributed by atoms with Crippen LogP contribution in [0.15, 0.2) is 29.3 Å². The zero-order chi connectivity index (χ0) is 16.8. The molecule has 23 heavy (non-hydrogen) atoms. The van der Waals surface area contributed by atoms with Gasteiger partial charge in [-0.05, 0) is 51.7 Å². The topological polar surface area (TPSA) is 64.0 Å². The lowest BCUT2D eigenvalue weighted by Crippen LogP contribution is -2.27. The second-order valence-corrected chi connectivity index (χ2v) is 8.23. The van der Waals surface area contributed by atoms with E-state index < -0.39 is 10.0 Å². The Hall–Kier alpha value is -1.66. The first-order chi connectivity index (χ1) is 10.8. The number of hydrogen-bond acceptors (Lipinski definition) is 3. The first kappa shape index (κ1) is 16.2. The lowest BCUT2D eigenvalue weighted by Gasteiger charge is -2.15. The highest BCUT2D eigenvalue weighted by Crippen LogP contribution is 2.33. The van der Waals surface area contributed by atoms with Crippen molar-refractivity contribution in [2.45, 2.75) is 57.5 Å². The highest BCUT2D eigenvalue weighted by Gasteiger charge is 2.29. The van der Waals surface area contributed by atoms with Crippen LogP contribution >= 0.6 is 0 Å². The minimum Gasteiger partial charge on any atom is -0.266 e. The van der Waals surface area contributed by atoms with Crippen molar-refractivity contribution in [2.24, 2.45) is 0 Å². The van der Waals surface area contributed by atoms with Crippen molar-refractivity contribution in [2.75, 3.05) is 0 Å². The first-order valence-electron chi connectivity index (χ1n) is 7.95. The zero-order valence-corrected chi connectivity index (χ0v) is 14.8. The van der Waals surface area contributed by atoms with Gasteiger partial charge >= 0.3 is 0 Å². The molecule has 0 radical (unpaired) electrons.